The van der Waals surface area contributed by atoms with Crippen molar-refractivity contribution in [3.8, 4) is 0 Å². The van der Waals surface area contributed by atoms with Crippen molar-refractivity contribution in [3.63, 3.8) is 0 Å². The highest BCUT2D eigenvalue weighted by atomic mass is 79.9. The van der Waals surface area contributed by atoms with Gasteiger partial charge in [0.1, 0.15) is 0 Å². The summed E-state index contributed by atoms with van der Waals surface area (Å²) >= 11 is 8.42. The van der Waals surface area contributed by atoms with Crippen LogP contribution in [-0.4, -0.2) is 0 Å². The highest BCUT2D eigenvalue weighted by molar-refractivity contribution is 9.10. The van der Waals surface area contributed by atoms with Crippen molar-refractivity contribution in [2.45, 2.75) is 5.88 Å². The molecule has 0 saturated heterocycles. The van der Waals surface area contributed by atoms with Crippen LogP contribution in [0.2, 0.25) is 0 Å². The largest absolute Gasteiger partial charge is 0.204 e. The summed E-state index contributed by atoms with van der Waals surface area (Å²) in [6.07, 6.45) is 0. The Bertz CT molecular complexity index is 275. The van der Waals surface area contributed by atoms with Gasteiger partial charge in [-0.3, -0.25) is 0 Å². The minimum absolute atomic E-state index is 0.0375. The van der Waals surface area contributed by atoms with E-state index in [-0.39, 0.29) is 11.4 Å². The maximum absolute atomic E-state index is 12.8. The average Bonchev–Trinajstić information content (AvgIpc) is 1.99. The van der Waals surface area contributed by atoms with E-state index >= 15 is 0 Å². The van der Waals surface area contributed by atoms with E-state index in [1.54, 1.807) is 0 Å². The van der Waals surface area contributed by atoms with E-state index in [0.29, 0.717) is 4.47 Å². The Kier molecular flexibility index (Phi) is 2.84. The first-order chi connectivity index (χ1) is 5.16. The van der Waals surface area contributed by atoms with Gasteiger partial charge in [-0.05, 0) is 12.1 Å². The number of hydrogen-bond donors (Lipinski definition) is 0. The molecule has 1 rings (SSSR count). The summed E-state index contributed by atoms with van der Waals surface area (Å²) in [6, 6.07) is 2.48. The van der Waals surface area contributed by atoms with Gasteiger partial charge in [-0.1, -0.05) is 15.9 Å². The van der Waals surface area contributed by atoms with Gasteiger partial charge in [0, 0.05) is 10.0 Å². The van der Waals surface area contributed by atoms with Gasteiger partial charge in [0.25, 0.3) is 0 Å². The van der Waals surface area contributed by atoms with Crippen molar-refractivity contribution in [3.05, 3.63) is 33.8 Å². The van der Waals surface area contributed by atoms with Crippen molar-refractivity contribution in [1.82, 2.24) is 0 Å². The summed E-state index contributed by atoms with van der Waals surface area (Å²) < 4.78 is 25.8. The molecular formula is C7H4BrClF2. The van der Waals surface area contributed by atoms with Crippen LogP contribution in [0.4, 0.5) is 8.78 Å². The Balaban J connectivity index is 3.29. The number of alkyl halides is 1. The SMILES string of the molecule is Fc1ccc(Br)c(CCl)c1F. The molecule has 0 amide bonds. The highest BCUT2D eigenvalue weighted by Crippen LogP contribution is 2.23. The molecule has 11 heavy (non-hydrogen) atoms. The van der Waals surface area contributed by atoms with Crippen LogP contribution in [0.3, 0.4) is 0 Å². The minimum Gasteiger partial charge on any atom is -0.204 e. The molecular weight excluding hydrogens is 237 g/mol. The predicted molar refractivity (Wildman–Crippen MR) is 43.6 cm³/mol. The number of benzene rings is 1. The molecule has 0 heterocycles. The van der Waals surface area contributed by atoms with Gasteiger partial charge in [0.15, 0.2) is 11.6 Å². The molecule has 0 aromatic heterocycles. The van der Waals surface area contributed by atoms with Crippen LogP contribution < -0.4 is 0 Å². The van der Waals surface area contributed by atoms with Gasteiger partial charge in [0.05, 0.1) is 5.88 Å². The van der Waals surface area contributed by atoms with E-state index in [0.717, 1.165) is 6.07 Å². The quantitative estimate of drug-likeness (QED) is 0.522. The van der Waals surface area contributed by atoms with Crippen LogP contribution in [0.1, 0.15) is 5.56 Å². The Morgan fingerprint density at radius 2 is 2.00 bits per heavy atom. The van der Waals surface area contributed by atoms with Gasteiger partial charge >= 0.3 is 0 Å². The molecule has 0 N–H and O–H groups in total. The first-order valence-corrected chi connectivity index (χ1v) is 4.18. The Morgan fingerprint density at radius 3 is 2.45 bits per heavy atom. The normalized spacial score (nSPS) is 10.2. The average molecular weight is 241 g/mol. The van der Waals surface area contributed by atoms with E-state index < -0.39 is 11.6 Å². The zero-order chi connectivity index (χ0) is 8.43. The predicted octanol–water partition coefficient (Wildman–Crippen LogP) is 3.47. The van der Waals surface area contributed by atoms with Crippen LogP contribution in [0, 0.1) is 11.6 Å². The molecule has 0 spiro atoms. The molecule has 0 bridgehead atoms. The Hall–Kier alpha value is -0.150. The monoisotopic (exact) mass is 240 g/mol. The van der Waals surface area contributed by atoms with Crippen LogP contribution in [-0.2, 0) is 5.88 Å². The van der Waals surface area contributed by atoms with Crippen molar-refractivity contribution >= 4 is 27.5 Å². The highest BCUT2D eigenvalue weighted by Gasteiger charge is 2.09. The second kappa shape index (κ2) is 3.50. The van der Waals surface area contributed by atoms with Gasteiger partial charge < -0.3 is 0 Å². The fourth-order valence-electron chi connectivity index (χ4n) is 0.692. The summed E-state index contributed by atoms with van der Waals surface area (Å²) in [7, 11) is 0. The second-order valence-corrected chi connectivity index (χ2v) is 3.08. The van der Waals surface area contributed by atoms with Gasteiger partial charge in [-0.15, -0.1) is 11.6 Å². The lowest BCUT2D eigenvalue weighted by atomic mass is 10.2. The van der Waals surface area contributed by atoms with Crippen LogP contribution >= 0.6 is 27.5 Å². The molecule has 0 fully saturated rings. The Morgan fingerprint density at radius 1 is 1.36 bits per heavy atom. The second-order valence-electron chi connectivity index (χ2n) is 1.96. The van der Waals surface area contributed by atoms with Crippen LogP contribution in [0.25, 0.3) is 0 Å². The summed E-state index contributed by atoms with van der Waals surface area (Å²) in [4.78, 5) is 0. The van der Waals surface area contributed by atoms with Gasteiger partial charge in [-0.25, -0.2) is 8.78 Å². The van der Waals surface area contributed by atoms with E-state index in [2.05, 4.69) is 15.9 Å². The lowest BCUT2D eigenvalue weighted by Gasteiger charge is -2.01. The summed E-state index contributed by atoms with van der Waals surface area (Å²) in [5.74, 6) is -1.79. The molecule has 1 aromatic carbocycles. The lowest BCUT2D eigenvalue weighted by Crippen LogP contribution is -1.92. The van der Waals surface area contributed by atoms with Gasteiger partial charge in [-0.2, -0.15) is 0 Å². The molecule has 0 atom stereocenters. The summed E-state index contributed by atoms with van der Waals surface area (Å²) in [5.41, 5.74) is 0.159. The van der Waals surface area contributed by atoms with E-state index in [1.807, 2.05) is 0 Å². The maximum Gasteiger partial charge on any atom is 0.164 e. The third-order valence-corrected chi connectivity index (χ3v) is 2.28. The third-order valence-electron chi connectivity index (χ3n) is 1.27. The molecule has 0 unspecified atom stereocenters. The molecule has 60 valence electrons. The number of rotatable bonds is 1. The Labute approximate surface area is 76.3 Å². The molecule has 0 aliphatic carbocycles. The first kappa shape index (κ1) is 8.94. The minimum atomic E-state index is -0.880. The lowest BCUT2D eigenvalue weighted by molar-refractivity contribution is 0.501. The molecule has 0 saturated carbocycles. The molecule has 0 radical (unpaired) electrons. The molecule has 0 aliphatic rings. The number of hydrogen-bond acceptors (Lipinski definition) is 0. The van der Waals surface area contributed by atoms with Gasteiger partial charge in [0.2, 0.25) is 0 Å². The number of halogens is 4. The maximum atomic E-state index is 12.8. The topological polar surface area (TPSA) is 0 Å². The van der Waals surface area contributed by atoms with Crippen molar-refractivity contribution in [1.29, 1.82) is 0 Å². The molecule has 4 heteroatoms. The van der Waals surface area contributed by atoms with E-state index in [4.69, 9.17) is 11.6 Å². The molecule has 0 aliphatic heterocycles. The zero-order valence-electron chi connectivity index (χ0n) is 5.37. The molecule has 0 nitrogen and oxygen atoms in total. The van der Waals surface area contributed by atoms with Crippen molar-refractivity contribution in [2.24, 2.45) is 0 Å². The summed E-state index contributed by atoms with van der Waals surface area (Å²) in [5, 5.41) is 0. The van der Waals surface area contributed by atoms with E-state index in [1.165, 1.54) is 6.07 Å². The smallest absolute Gasteiger partial charge is 0.164 e. The van der Waals surface area contributed by atoms with Crippen LogP contribution in [0.5, 0.6) is 0 Å². The van der Waals surface area contributed by atoms with E-state index in [9.17, 15) is 8.78 Å². The molecule has 1 aromatic rings. The summed E-state index contributed by atoms with van der Waals surface area (Å²) in [6.45, 7) is 0. The van der Waals surface area contributed by atoms with Crippen molar-refractivity contribution < 1.29 is 8.78 Å². The first-order valence-electron chi connectivity index (χ1n) is 2.85. The fraction of sp³-hybridized carbons (Fsp3) is 0.143. The standard InChI is InChI=1S/C7H4BrClF2/c8-5-1-2-6(10)7(11)4(5)3-9/h1-2H,3H2. The van der Waals surface area contributed by atoms with Crippen molar-refractivity contribution in [2.75, 3.05) is 0 Å². The zero-order valence-corrected chi connectivity index (χ0v) is 7.72. The van der Waals surface area contributed by atoms with Crippen LogP contribution in [0.15, 0.2) is 16.6 Å². The fourth-order valence-corrected chi connectivity index (χ4v) is 1.56. The third kappa shape index (κ3) is 1.71.